The molecule has 1 amide bonds. The standard InChI is InChI=1S/C36H25Cl3N4O2S/c1-21-32(34(44)41-26-7-3-2-4-8-26)33(23-12-14-25(37)15-13-23)43-35(45)31(46-36(43)40-21)18-24-20-42(30-10-6-5-9-27(24)30)19-22-11-16-28(38)29(39)17-22/h2-18,20,33H,19H2,1H3,(H,41,44)/b31-18-/t33-/m0/s1. The van der Waals surface area contributed by atoms with Gasteiger partial charge in [-0.25, -0.2) is 4.99 Å². The van der Waals surface area contributed by atoms with Crippen molar-refractivity contribution in [3.63, 3.8) is 0 Å². The highest BCUT2D eigenvalue weighted by Crippen LogP contribution is 2.32. The molecule has 6 aromatic rings. The molecular weight excluding hydrogens is 659 g/mol. The average Bonchev–Trinajstić information content (AvgIpc) is 3.55. The molecule has 1 N–H and O–H groups in total. The Morgan fingerprint density at radius 1 is 0.935 bits per heavy atom. The maximum atomic E-state index is 14.3. The van der Waals surface area contributed by atoms with Crippen molar-refractivity contribution in [3.8, 4) is 0 Å². The number of nitrogens with zero attached hydrogens (tertiary/aromatic N) is 3. The van der Waals surface area contributed by atoms with E-state index < -0.39 is 6.04 Å². The molecule has 1 aliphatic rings. The van der Waals surface area contributed by atoms with Crippen LogP contribution in [0, 0.1) is 0 Å². The molecule has 2 aromatic heterocycles. The molecule has 7 rings (SSSR count). The highest BCUT2D eigenvalue weighted by Gasteiger charge is 2.32. The van der Waals surface area contributed by atoms with Gasteiger partial charge in [-0.15, -0.1) is 0 Å². The Morgan fingerprint density at radius 2 is 1.67 bits per heavy atom. The molecule has 6 nitrogen and oxygen atoms in total. The summed E-state index contributed by atoms with van der Waals surface area (Å²) in [6.45, 7) is 2.37. The lowest BCUT2D eigenvalue weighted by Crippen LogP contribution is -2.40. The summed E-state index contributed by atoms with van der Waals surface area (Å²) in [5.74, 6) is -0.327. The fourth-order valence-corrected chi connectivity index (χ4v) is 7.27. The summed E-state index contributed by atoms with van der Waals surface area (Å²) < 4.78 is 4.25. The van der Waals surface area contributed by atoms with E-state index in [-0.39, 0.29) is 11.5 Å². The van der Waals surface area contributed by atoms with E-state index in [0.29, 0.717) is 47.9 Å². The second-order valence-electron chi connectivity index (χ2n) is 10.9. The number of carbonyl (C=O) groups excluding carboxylic acids is 1. The van der Waals surface area contributed by atoms with Crippen molar-refractivity contribution in [2.75, 3.05) is 5.32 Å². The number of fused-ring (bicyclic) bond motifs is 2. The number of hydrogen-bond donors (Lipinski definition) is 1. The third-order valence-electron chi connectivity index (χ3n) is 7.93. The van der Waals surface area contributed by atoms with Crippen LogP contribution in [-0.2, 0) is 11.3 Å². The smallest absolute Gasteiger partial charge is 0.271 e. The van der Waals surface area contributed by atoms with Crippen LogP contribution in [0.1, 0.15) is 29.7 Å². The van der Waals surface area contributed by atoms with Gasteiger partial charge in [-0.05, 0) is 66.6 Å². The number of amides is 1. The molecule has 0 spiro atoms. The van der Waals surface area contributed by atoms with E-state index in [0.717, 1.165) is 27.6 Å². The third-order valence-corrected chi connectivity index (χ3v) is 9.90. The molecule has 1 atom stereocenters. The van der Waals surface area contributed by atoms with Gasteiger partial charge in [0.1, 0.15) is 0 Å². The summed E-state index contributed by atoms with van der Waals surface area (Å²) in [4.78, 5) is 33.4. The van der Waals surface area contributed by atoms with Crippen LogP contribution in [0.25, 0.3) is 17.0 Å². The summed E-state index contributed by atoms with van der Waals surface area (Å²) in [6.07, 6.45) is 3.94. The molecule has 0 aliphatic carbocycles. The van der Waals surface area contributed by atoms with Crippen LogP contribution in [-0.4, -0.2) is 15.0 Å². The lowest BCUT2D eigenvalue weighted by molar-refractivity contribution is -0.113. The van der Waals surface area contributed by atoms with Crippen LogP contribution in [0.3, 0.4) is 0 Å². The number of halogens is 3. The molecule has 0 radical (unpaired) electrons. The molecule has 228 valence electrons. The predicted molar refractivity (Wildman–Crippen MR) is 188 cm³/mol. The molecule has 0 saturated heterocycles. The van der Waals surface area contributed by atoms with E-state index in [2.05, 4.69) is 9.88 Å². The number of thiazole rings is 1. The maximum Gasteiger partial charge on any atom is 0.271 e. The third kappa shape index (κ3) is 5.72. The van der Waals surface area contributed by atoms with Gasteiger partial charge in [0.15, 0.2) is 4.80 Å². The van der Waals surface area contributed by atoms with Crippen molar-refractivity contribution in [1.29, 1.82) is 0 Å². The number of para-hydroxylation sites is 2. The first-order chi connectivity index (χ1) is 22.3. The van der Waals surface area contributed by atoms with Crippen LogP contribution in [0.4, 0.5) is 5.69 Å². The number of nitrogens with one attached hydrogen (secondary N) is 1. The van der Waals surface area contributed by atoms with E-state index in [1.807, 2.05) is 91.1 Å². The normalized spacial score (nSPS) is 14.8. The molecule has 0 bridgehead atoms. The fourth-order valence-electron chi connectivity index (χ4n) is 5.79. The van der Waals surface area contributed by atoms with Gasteiger partial charge in [-0.2, -0.15) is 0 Å². The van der Waals surface area contributed by atoms with Crippen molar-refractivity contribution in [2.24, 2.45) is 4.99 Å². The molecule has 1 aliphatic heterocycles. The lowest BCUT2D eigenvalue weighted by Gasteiger charge is -2.25. The molecule has 4 aromatic carbocycles. The Balaban J connectivity index is 1.35. The number of anilines is 1. The van der Waals surface area contributed by atoms with Crippen LogP contribution in [0.2, 0.25) is 15.1 Å². The quantitative estimate of drug-likeness (QED) is 0.194. The number of hydrogen-bond acceptors (Lipinski definition) is 4. The second kappa shape index (κ2) is 12.4. The fraction of sp³-hybridized carbons (Fsp3) is 0.0833. The van der Waals surface area contributed by atoms with Gasteiger partial charge in [0.05, 0.1) is 31.9 Å². The predicted octanol–water partition coefficient (Wildman–Crippen LogP) is 7.84. The minimum atomic E-state index is -0.699. The maximum absolute atomic E-state index is 14.3. The van der Waals surface area contributed by atoms with Gasteiger partial charge in [0.25, 0.3) is 11.5 Å². The monoisotopic (exact) mass is 682 g/mol. The Labute approximate surface area is 283 Å². The first kappa shape index (κ1) is 30.3. The molecule has 0 saturated carbocycles. The Bertz CT molecular complexity index is 2360. The minimum absolute atomic E-state index is 0.234. The summed E-state index contributed by atoms with van der Waals surface area (Å²) in [7, 11) is 0. The largest absolute Gasteiger partial charge is 0.342 e. The van der Waals surface area contributed by atoms with Crippen molar-refractivity contribution in [1.82, 2.24) is 9.13 Å². The Morgan fingerprint density at radius 3 is 2.43 bits per heavy atom. The van der Waals surface area contributed by atoms with Crippen LogP contribution >= 0.6 is 46.1 Å². The van der Waals surface area contributed by atoms with Gasteiger partial charge >= 0.3 is 0 Å². The summed E-state index contributed by atoms with van der Waals surface area (Å²) in [6, 6.07) is 29.4. The highest BCUT2D eigenvalue weighted by molar-refractivity contribution is 7.07. The molecule has 46 heavy (non-hydrogen) atoms. The summed E-state index contributed by atoms with van der Waals surface area (Å²) in [5, 5.41) is 5.55. The number of allylic oxidation sites excluding steroid dienone is 1. The first-order valence-corrected chi connectivity index (χ1v) is 16.4. The first-order valence-electron chi connectivity index (χ1n) is 14.4. The summed E-state index contributed by atoms with van der Waals surface area (Å²) >= 11 is 20.0. The van der Waals surface area contributed by atoms with E-state index in [4.69, 9.17) is 39.8 Å². The van der Waals surface area contributed by atoms with Crippen molar-refractivity contribution in [2.45, 2.75) is 19.5 Å². The zero-order valence-corrected chi connectivity index (χ0v) is 27.5. The topological polar surface area (TPSA) is 68.4 Å². The number of aromatic nitrogens is 2. The van der Waals surface area contributed by atoms with Crippen molar-refractivity contribution < 1.29 is 4.79 Å². The summed E-state index contributed by atoms with van der Waals surface area (Å²) in [5.41, 5.74) is 5.01. The number of carbonyl (C=O) groups is 1. The van der Waals surface area contributed by atoms with E-state index in [1.54, 1.807) is 29.7 Å². The van der Waals surface area contributed by atoms with Gasteiger partial charge in [-0.1, -0.05) is 101 Å². The van der Waals surface area contributed by atoms with Gasteiger partial charge in [0.2, 0.25) is 0 Å². The minimum Gasteiger partial charge on any atom is -0.342 e. The van der Waals surface area contributed by atoms with E-state index in [9.17, 15) is 9.59 Å². The zero-order valence-electron chi connectivity index (χ0n) is 24.4. The van der Waals surface area contributed by atoms with Crippen molar-refractivity contribution >= 4 is 74.7 Å². The van der Waals surface area contributed by atoms with Crippen LogP contribution in [0.5, 0.6) is 0 Å². The Hall–Kier alpha value is -4.40. The van der Waals surface area contributed by atoms with Crippen molar-refractivity contribution in [3.05, 3.63) is 166 Å². The number of rotatable bonds is 6. The molecular formula is C36H25Cl3N4O2S. The number of benzene rings is 4. The van der Waals surface area contributed by atoms with Gasteiger partial charge in [0, 0.05) is 39.9 Å². The molecule has 0 fully saturated rings. The molecule has 0 unspecified atom stereocenters. The molecule has 10 heteroatoms. The van der Waals surface area contributed by atoms with Gasteiger partial charge in [-0.3, -0.25) is 14.2 Å². The molecule has 3 heterocycles. The lowest BCUT2D eigenvalue weighted by atomic mass is 9.95. The van der Waals surface area contributed by atoms with Crippen LogP contribution in [0.15, 0.2) is 124 Å². The van der Waals surface area contributed by atoms with E-state index >= 15 is 0 Å². The van der Waals surface area contributed by atoms with Gasteiger partial charge < -0.3 is 9.88 Å². The average molecular weight is 684 g/mol. The SMILES string of the molecule is CC1=C(C(=O)Nc2ccccc2)[C@H](c2ccc(Cl)cc2)n2c(s/c(=C\c3cn(Cc4ccc(Cl)c(Cl)c4)c4ccccc34)c2=O)=N1. The zero-order chi connectivity index (χ0) is 31.9. The highest BCUT2D eigenvalue weighted by atomic mass is 35.5. The van der Waals surface area contributed by atoms with Crippen LogP contribution < -0.4 is 20.2 Å². The van der Waals surface area contributed by atoms with E-state index in [1.165, 1.54) is 11.3 Å². The second-order valence-corrected chi connectivity index (χ2v) is 13.2. The Kier molecular flexibility index (Phi) is 8.17.